The number of amides is 2. The first-order valence-corrected chi connectivity index (χ1v) is 10.1. The number of nitrogens with zero attached hydrogens (tertiary/aromatic N) is 4. The van der Waals surface area contributed by atoms with Gasteiger partial charge in [0.1, 0.15) is 0 Å². The molecule has 152 valence electrons. The zero-order chi connectivity index (χ0) is 20.9. The number of hydrogen-bond donors (Lipinski definition) is 2. The van der Waals surface area contributed by atoms with Crippen molar-refractivity contribution in [2.75, 3.05) is 10.6 Å². The number of hydrogen-bond acceptors (Lipinski definition) is 4. The minimum atomic E-state index is -0.286. The van der Waals surface area contributed by atoms with Crippen LogP contribution in [0.4, 0.5) is 16.2 Å². The first kappa shape index (κ1) is 19.6. The van der Waals surface area contributed by atoms with Gasteiger partial charge in [0.2, 0.25) is 0 Å². The van der Waals surface area contributed by atoms with E-state index in [1.54, 1.807) is 4.52 Å². The van der Waals surface area contributed by atoms with Gasteiger partial charge in [0.05, 0.1) is 5.69 Å². The number of aromatic nitrogens is 4. The SMILES string of the molecule is CCCCc1ccc(NC(=O)Nc2cccc(-c3ccc4nnc(C)n4n3)c2)cc1. The number of carbonyl (C=O) groups is 1. The highest BCUT2D eigenvalue weighted by atomic mass is 16.2. The van der Waals surface area contributed by atoms with Gasteiger partial charge < -0.3 is 10.6 Å². The van der Waals surface area contributed by atoms with Crippen LogP contribution in [0, 0.1) is 6.92 Å². The molecule has 2 N–H and O–H groups in total. The van der Waals surface area contributed by atoms with Crippen molar-refractivity contribution in [1.82, 2.24) is 19.8 Å². The number of rotatable bonds is 6. The molecule has 0 fully saturated rings. The fourth-order valence-corrected chi connectivity index (χ4v) is 3.24. The van der Waals surface area contributed by atoms with Gasteiger partial charge in [-0.15, -0.1) is 10.2 Å². The summed E-state index contributed by atoms with van der Waals surface area (Å²) in [5, 5.41) is 18.4. The van der Waals surface area contributed by atoms with Crippen LogP contribution in [-0.2, 0) is 6.42 Å². The van der Waals surface area contributed by atoms with Gasteiger partial charge in [0.15, 0.2) is 11.5 Å². The molecule has 2 heterocycles. The van der Waals surface area contributed by atoms with E-state index in [1.165, 1.54) is 18.4 Å². The highest BCUT2D eigenvalue weighted by Crippen LogP contribution is 2.21. The van der Waals surface area contributed by atoms with E-state index in [1.807, 2.05) is 55.5 Å². The summed E-state index contributed by atoms with van der Waals surface area (Å²) in [6, 6.07) is 19.0. The summed E-state index contributed by atoms with van der Waals surface area (Å²) in [4.78, 5) is 12.4. The van der Waals surface area contributed by atoms with Crippen molar-refractivity contribution in [3.63, 3.8) is 0 Å². The first-order chi connectivity index (χ1) is 14.6. The Balaban J connectivity index is 1.44. The maximum absolute atomic E-state index is 12.4. The van der Waals surface area contributed by atoms with E-state index in [9.17, 15) is 4.79 Å². The number of benzene rings is 2. The van der Waals surface area contributed by atoms with Gasteiger partial charge in [-0.05, 0) is 61.7 Å². The van der Waals surface area contributed by atoms with E-state index in [2.05, 4.69) is 45.0 Å². The molecular formula is C23H24N6O. The number of urea groups is 1. The van der Waals surface area contributed by atoms with Crippen molar-refractivity contribution < 1.29 is 4.79 Å². The Hall–Kier alpha value is -3.74. The Kier molecular flexibility index (Phi) is 5.70. The van der Waals surface area contributed by atoms with E-state index in [0.717, 1.165) is 29.2 Å². The van der Waals surface area contributed by atoms with Crippen LogP contribution in [0.25, 0.3) is 16.9 Å². The summed E-state index contributed by atoms with van der Waals surface area (Å²) in [5.74, 6) is 0.723. The largest absolute Gasteiger partial charge is 0.323 e. The van der Waals surface area contributed by atoms with Crippen LogP contribution in [-0.4, -0.2) is 25.8 Å². The summed E-state index contributed by atoms with van der Waals surface area (Å²) in [6.45, 7) is 4.04. The van der Waals surface area contributed by atoms with E-state index in [4.69, 9.17) is 0 Å². The summed E-state index contributed by atoms with van der Waals surface area (Å²) < 4.78 is 1.70. The summed E-state index contributed by atoms with van der Waals surface area (Å²) in [6.07, 6.45) is 3.40. The van der Waals surface area contributed by atoms with Crippen LogP contribution in [0.5, 0.6) is 0 Å². The van der Waals surface area contributed by atoms with Crippen LogP contribution in [0.1, 0.15) is 31.2 Å². The molecule has 0 aliphatic rings. The van der Waals surface area contributed by atoms with Crippen molar-refractivity contribution in [3.8, 4) is 11.3 Å². The van der Waals surface area contributed by atoms with Gasteiger partial charge in [-0.3, -0.25) is 0 Å². The molecule has 0 spiro atoms. The van der Waals surface area contributed by atoms with E-state index in [0.29, 0.717) is 11.3 Å². The molecule has 0 aliphatic carbocycles. The van der Waals surface area contributed by atoms with Crippen LogP contribution < -0.4 is 10.6 Å². The molecule has 0 radical (unpaired) electrons. The third-order valence-corrected chi connectivity index (χ3v) is 4.87. The average Bonchev–Trinajstić information content (AvgIpc) is 3.13. The van der Waals surface area contributed by atoms with E-state index >= 15 is 0 Å². The maximum atomic E-state index is 12.4. The predicted molar refractivity (Wildman–Crippen MR) is 119 cm³/mol. The standard InChI is InChI=1S/C23H24N6O/c1-3-4-6-17-9-11-19(12-10-17)24-23(30)25-20-8-5-7-18(15-20)21-13-14-22-27-26-16(2)29(22)28-21/h5,7-15H,3-4,6H2,1-2H3,(H2,24,25,30). The van der Waals surface area contributed by atoms with Crippen LogP contribution in [0.15, 0.2) is 60.7 Å². The molecule has 0 saturated carbocycles. The molecule has 7 nitrogen and oxygen atoms in total. The quantitative estimate of drug-likeness (QED) is 0.472. The average molecular weight is 400 g/mol. The zero-order valence-corrected chi connectivity index (χ0v) is 17.1. The second kappa shape index (κ2) is 8.73. The number of carbonyl (C=O) groups excluding carboxylic acids is 1. The summed E-state index contributed by atoms with van der Waals surface area (Å²) >= 11 is 0. The molecular weight excluding hydrogens is 376 g/mol. The summed E-state index contributed by atoms with van der Waals surface area (Å²) in [5.41, 5.74) is 5.10. The lowest BCUT2D eigenvalue weighted by Gasteiger charge is -2.10. The molecule has 0 saturated heterocycles. The zero-order valence-electron chi connectivity index (χ0n) is 17.1. The van der Waals surface area contributed by atoms with Gasteiger partial charge in [-0.1, -0.05) is 37.6 Å². The Morgan fingerprint density at radius 3 is 2.57 bits per heavy atom. The predicted octanol–water partition coefficient (Wildman–Crippen LogP) is 5.09. The van der Waals surface area contributed by atoms with Gasteiger partial charge in [-0.25, -0.2) is 4.79 Å². The molecule has 0 bridgehead atoms. The molecule has 0 aliphatic heterocycles. The van der Waals surface area contributed by atoms with Crippen molar-refractivity contribution >= 4 is 23.1 Å². The Morgan fingerprint density at radius 2 is 1.77 bits per heavy atom. The molecule has 2 aromatic carbocycles. The second-order valence-electron chi connectivity index (χ2n) is 7.20. The van der Waals surface area contributed by atoms with Gasteiger partial charge in [0.25, 0.3) is 0 Å². The second-order valence-corrected chi connectivity index (χ2v) is 7.20. The highest BCUT2D eigenvalue weighted by Gasteiger charge is 2.08. The lowest BCUT2D eigenvalue weighted by molar-refractivity contribution is 0.262. The van der Waals surface area contributed by atoms with Crippen molar-refractivity contribution in [2.45, 2.75) is 33.1 Å². The molecule has 0 unspecified atom stereocenters. The maximum Gasteiger partial charge on any atom is 0.323 e. The number of anilines is 2. The van der Waals surface area contributed by atoms with Gasteiger partial charge in [0, 0.05) is 16.9 Å². The van der Waals surface area contributed by atoms with Crippen LogP contribution in [0.2, 0.25) is 0 Å². The number of nitrogens with one attached hydrogen (secondary N) is 2. The Bertz CT molecular complexity index is 1170. The normalized spacial score (nSPS) is 10.9. The molecule has 4 aromatic rings. The Morgan fingerprint density at radius 1 is 0.967 bits per heavy atom. The smallest absolute Gasteiger partial charge is 0.308 e. The molecule has 7 heteroatoms. The minimum absolute atomic E-state index is 0.286. The molecule has 2 amide bonds. The molecule has 4 rings (SSSR count). The fourth-order valence-electron chi connectivity index (χ4n) is 3.24. The topological polar surface area (TPSA) is 84.2 Å². The van der Waals surface area contributed by atoms with Gasteiger partial charge in [-0.2, -0.15) is 9.61 Å². The number of unbranched alkanes of at least 4 members (excludes halogenated alkanes) is 1. The highest BCUT2D eigenvalue weighted by molar-refractivity contribution is 6.00. The Labute approximate surface area is 175 Å². The van der Waals surface area contributed by atoms with E-state index < -0.39 is 0 Å². The third-order valence-electron chi connectivity index (χ3n) is 4.87. The van der Waals surface area contributed by atoms with Crippen LogP contribution in [0.3, 0.4) is 0 Å². The molecule has 30 heavy (non-hydrogen) atoms. The monoisotopic (exact) mass is 400 g/mol. The first-order valence-electron chi connectivity index (χ1n) is 10.1. The minimum Gasteiger partial charge on any atom is -0.308 e. The van der Waals surface area contributed by atoms with Crippen molar-refractivity contribution in [3.05, 3.63) is 72.1 Å². The van der Waals surface area contributed by atoms with Gasteiger partial charge >= 0.3 is 6.03 Å². The number of aryl methyl sites for hydroxylation is 2. The molecule has 2 aromatic heterocycles. The van der Waals surface area contributed by atoms with E-state index in [-0.39, 0.29) is 6.03 Å². The van der Waals surface area contributed by atoms with Crippen LogP contribution >= 0.6 is 0 Å². The lowest BCUT2D eigenvalue weighted by Crippen LogP contribution is -2.19. The molecule has 0 atom stereocenters. The lowest BCUT2D eigenvalue weighted by atomic mass is 10.1. The third kappa shape index (κ3) is 4.46. The van der Waals surface area contributed by atoms with Crippen molar-refractivity contribution in [1.29, 1.82) is 0 Å². The summed E-state index contributed by atoms with van der Waals surface area (Å²) in [7, 11) is 0. The fraction of sp³-hybridized carbons (Fsp3) is 0.217. The van der Waals surface area contributed by atoms with Crippen molar-refractivity contribution in [2.24, 2.45) is 0 Å². The number of fused-ring (bicyclic) bond motifs is 1.